The van der Waals surface area contributed by atoms with Crippen molar-refractivity contribution in [2.45, 2.75) is 112 Å². The lowest BCUT2D eigenvalue weighted by molar-refractivity contribution is -0.0517. The molecule has 1 fully saturated rings. The Morgan fingerprint density at radius 3 is 2.18 bits per heavy atom. The van der Waals surface area contributed by atoms with Crippen LogP contribution in [0.25, 0.3) is 0 Å². The summed E-state index contributed by atoms with van der Waals surface area (Å²) in [6, 6.07) is 0. The van der Waals surface area contributed by atoms with E-state index in [-0.39, 0.29) is 11.9 Å². The average Bonchev–Trinajstić information content (AvgIpc) is 2.88. The zero-order chi connectivity index (χ0) is 25.9. The van der Waals surface area contributed by atoms with Crippen LogP contribution in [0.2, 0.25) is 0 Å². The molecule has 1 heterocycles. The second-order valence-corrected chi connectivity index (χ2v) is 8.75. The molecule has 2 rings (SSSR count). The van der Waals surface area contributed by atoms with E-state index >= 15 is 0 Å². The molecule has 0 spiro atoms. The summed E-state index contributed by atoms with van der Waals surface area (Å²) in [5.74, 6) is -0.299. The number of methoxy groups -OCH3 is 1. The highest BCUT2D eigenvalue weighted by atomic mass is 19.2. The van der Waals surface area contributed by atoms with E-state index in [4.69, 9.17) is 14.2 Å². The van der Waals surface area contributed by atoms with Gasteiger partial charge in [-0.05, 0) is 62.7 Å². The summed E-state index contributed by atoms with van der Waals surface area (Å²) < 4.78 is 44.9. The molecule has 0 aromatic heterocycles. The number of unbranched alkanes of at least 4 members (excludes halogenated alkanes) is 2. The Labute approximate surface area is 208 Å². The number of halogens is 2. The molecule has 0 amide bonds. The summed E-state index contributed by atoms with van der Waals surface area (Å²) in [4.78, 5) is 0. The Balaban J connectivity index is 0.00000201. The Bertz CT molecular complexity index is 669. The van der Waals surface area contributed by atoms with Crippen molar-refractivity contribution in [1.82, 2.24) is 0 Å². The lowest BCUT2D eigenvalue weighted by Crippen LogP contribution is -2.29. The summed E-state index contributed by atoms with van der Waals surface area (Å²) in [5, 5.41) is 0. The van der Waals surface area contributed by atoms with Crippen molar-refractivity contribution in [3.63, 3.8) is 0 Å². The van der Waals surface area contributed by atoms with Crippen LogP contribution in [0.15, 0.2) is 46.5 Å². The van der Waals surface area contributed by atoms with E-state index in [9.17, 15) is 8.78 Å². The first-order valence-electron chi connectivity index (χ1n) is 13.3. The van der Waals surface area contributed by atoms with Gasteiger partial charge in [0, 0.05) is 13.0 Å². The first-order chi connectivity index (χ1) is 16.4. The zero-order valence-corrected chi connectivity index (χ0v) is 23.1. The number of hydrogen-bond donors (Lipinski definition) is 0. The molecule has 198 valence electrons. The van der Waals surface area contributed by atoms with Gasteiger partial charge < -0.3 is 14.2 Å². The topological polar surface area (TPSA) is 27.7 Å². The average molecular weight is 485 g/mol. The normalized spacial score (nSPS) is 21.4. The zero-order valence-electron chi connectivity index (χ0n) is 23.1. The highest BCUT2D eigenvalue weighted by Crippen LogP contribution is 2.31. The maximum atomic E-state index is 14.3. The van der Waals surface area contributed by atoms with Crippen LogP contribution >= 0.6 is 0 Å². The van der Waals surface area contributed by atoms with Crippen LogP contribution in [0.1, 0.15) is 106 Å². The number of allylic oxidation sites excluding steroid dienone is 8. The molecular weight excluding hydrogens is 434 g/mol. The lowest BCUT2D eigenvalue weighted by Gasteiger charge is -2.29. The predicted molar refractivity (Wildman–Crippen MR) is 140 cm³/mol. The van der Waals surface area contributed by atoms with Crippen LogP contribution in [-0.2, 0) is 14.2 Å². The first kappa shape index (κ1) is 32.4. The van der Waals surface area contributed by atoms with Gasteiger partial charge in [-0.15, -0.1) is 0 Å². The molecule has 0 aromatic rings. The summed E-state index contributed by atoms with van der Waals surface area (Å²) >= 11 is 0. The van der Waals surface area contributed by atoms with Crippen LogP contribution in [-0.4, -0.2) is 26.4 Å². The molecule has 2 aliphatic rings. The molecule has 1 aliphatic carbocycles. The number of rotatable bonds is 10. The molecule has 0 saturated carbocycles. The van der Waals surface area contributed by atoms with E-state index in [0.29, 0.717) is 30.9 Å². The van der Waals surface area contributed by atoms with Gasteiger partial charge in [0.15, 0.2) is 11.7 Å². The summed E-state index contributed by atoms with van der Waals surface area (Å²) in [6.07, 6.45) is 13.8. The van der Waals surface area contributed by atoms with E-state index < -0.39 is 11.7 Å². The van der Waals surface area contributed by atoms with Crippen LogP contribution in [0.4, 0.5) is 8.78 Å². The van der Waals surface area contributed by atoms with Crippen molar-refractivity contribution in [2.75, 3.05) is 20.3 Å². The fraction of sp³-hybridized carbons (Fsp3) is 0.724. The van der Waals surface area contributed by atoms with Crippen molar-refractivity contribution in [3.05, 3.63) is 46.5 Å². The van der Waals surface area contributed by atoms with Crippen molar-refractivity contribution in [2.24, 2.45) is 5.92 Å². The Kier molecular flexibility index (Phi) is 18.7. The highest BCUT2D eigenvalue weighted by Gasteiger charge is 2.23. The molecule has 0 bridgehead atoms. The third-order valence-electron chi connectivity index (χ3n) is 5.87. The molecular formula is C29H50F2O3. The third kappa shape index (κ3) is 12.2. The number of ether oxygens (including phenoxy) is 3. The minimum atomic E-state index is -0.945. The highest BCUT2D eigenvalue weighted by molar-refractivity contribution is 5.42. The second kappa shape index (κ2) is 19.7. The van der Waals surface area contributed by atoms with Crippen molar-refractivity contribution >= 4 is 0 Å². The minimum absolute atomic E-state index is 0.0575. The van der Waals surface area contributed by atoms with E-state index in [1.165, 1.54) is 52.6 Å². The minimum Gasteiger partial charge on any atom is -0.498 e. The van der Waals surface area contributed by atoms with E-state index in [2.05, 4.69) is 20.8 Å². The van der Waals surface area contributed by atoms with Crippen molar-refractivity contribution < 1.29 is 23.0 Å². The molecule has 1 saturated heterocycles. The van der Waals surface area contributed by atoms with Crippen molar-refractivity contribution in [3.8, 4) is 0 Å². The fourth-order valence-electron chi connectivity index (χ4n) is 3.70. The maximum absolute atomic E-state index is 14.3. The molecule has 2 atom stereocenters. The SMILES string of the molecule is CC.CCC.CCCCCC1CCC(COC2=CC=C(/C(C)=C(F)/C(F)=C(\C)OC)CC2)OC1. The summed E-state index contributed by atoms with van der Waals surface area (Å²) in [7, 11) is 1.33. The van der Waals surface area contributed by atoms with Gasteiger partial charge in [-0.2, -0.15) is 0 Å². The van der Waals surface area contributed by atoms with Crippen LogP contribution in [0.3, 0.4) is 0 Å². The standard InChI is InChI=1S/C24H36F2O3.C3H8.C2H6/c1-5-6-7-8-19-9-12-22(28-15-19)16-29-21-13-10-20(11-14-21)17(2)23(25)24(26)18(3)27-4;1-3-2;1-2/h10,13,19,22H,5-9,11-12,14-16H2,1-4H3;3H2,1-2H3;1-2H3/b23-17-,24-18-;;. The molecule has 1 aliphatic heterocycles. The third-order valence-corrected chi connectivity index (χ3v) is 5.87. The second-order valence-electron chi connectivity index (χ2n) is 8.75. The van der Waals surface area contributed by atoms with Gasteiger partial charge in [0.25, 0.3) is 0 Å². The van der Waals surface area contributed by atoms with Gasteiger partial charge in [0.1, 0.15) is 12.4 Å². The maximum Gasteiger partial charge on any atom is 0.196 e. The Hall–Kier alpha value is -1.62. The molecule has 34 heavy (non-hydrogen) atoms. The first-order valence-corrected chi connectivity index (χ1v) is 13.3. The Morgan fingerprint density at radius 1 is 1.00 bits per heavy atom. The lowest BCUT2D eigenvalue weighted by atomic mass is 9.93. The van der Waals surface area contributed by atoms with Gasteiger partial charge in [-0.3, -0.25) is 0 Å². The molecule has 0 aromatic carbocycles. The number of hydrogen-bond acceptors (Lipinski definition) is 3. The predicted octanol–water partition coefficient (Wildman–Crippen LogP) is 9.52. The van der Waals surface area contributed by atoms with Gasteiger partial charge in [0.05, 0.1) is 19.0 Å². The van der Waals surface area contributed by atoms with Gasteiger partial charge >= 0.3 is 0 Å². The van der Waals surface area contributed by atoms with Gasteiger partial charge in [-0.25, -0.2) is 8.78 Å². The summed E-state index contributed by atoms with van der Waals surface area (Å²) in [5.41, 5.74) is 1.08. The molecule has 2 unspecified atom stereocenters. The quantitative estimate of drug-likeness (QED) is 0.175. The van der Waals surface area contributed by atoms with E-state index in [1.807, 2.05) is 26.0 Å². The largest absolute Gasteiger partial charge is 0.498 e. The molecule has 5 heteroatoms. The fourth-order valence-corrected chi connectivity index (χ4v) is 3.70. The summed E-state index contributed by atoms with van der Waals surface area (Å²) in [6.45, 7) is 14.9. The Morgan fingerprint density at radius 2 is 1.68 bits per heavy atom. The van der Waals surface area contributed by atoms with Crippen LogP contribution < -0.4 is 0 Å². The van der Waals surface area contributed by atoms with Crippen LogP contribution in [0.5, 0.6) is 0 Å². The van der Waals surface area contributed by atoms with Gasteiger partial charge in [-0.1, -0.05) is 66.4 Å². The molecule has 0 radical (unpaired) electrons. The smallest absolute Gasteiger partial charge is 0.196 e. The van der Waals surface area contributed by atoms with Crippen LogP contribution in [0, 0.1) is 5.92 Å². The molecule has 3 nitrogen and oxygen atoms in total. The van der Waals surface area contributed by atoms with E-state index in [0.717, 1.165) is 24.4 Å². The van der Waals surface area contributed by atoms with Gasteiger partial charge in [0.2, 0.25) is 0 Å². The van der Waals surface area contributed by atoms with E-state index in [1.54, 1.807) is 6.92 Å². The molecule has 0 N–H and O–H groups in total. The van der Waals surface area contributed by atoms with Crippen molar-refractivity contribution in [1.29, 1.82) is 0 Å². The monoisotopic (exact) mass is 484 g/mol.